The summed E-state index contributed by atoms with van der Waals surface area (Å²) in [6.07, 6.45) is 3.36. The zero-order valence-corrected chi connectivity index (χ0v) is 16.7. The van der Waals surface area contributed by atoms with Gasteiger partial charge >= 0.3 is 0 Å². The molecule has 0 aliphatic carbocycles. The van der Waals surface area contributed by atoms with Gasteiger partial charge in [0.25, 0.3) is 5.91 Å². The van der Waals surface area contributed by atoms with Gasteiger partial charge in [0.1, 0.15) is 22.8 Å². The molecule has 31 heavy (non-hydrogen) atoms. The molecular formula is C21H18N6O4. The van der Waals surface area contributed by atoms with Gasteiger partial charge < -0.3 is 19.3 Å². The molecule has 1 aliphatic heterocycles. The van der Waals surface area contributed by atoms with Crippen LogP contribution in [0.4, 0.5) is 5.82 Å². The van der Waals surface area contributed by atoms with Crippen molar-refractivity contribution in [2.45, 2.75) is 25.9 Å². The highest BCUT2D eigenvalue weighted by Gasteiger charge is 2.34. The molecule has 1 amide bonds. The molecule has 10 heteroatoms. The SMILES string of the molecule is CC1(C)Cc2c(Oc3ccc(-c4ncon4)cc3)cc(C(=O)Nc3cn[nH]n3)cc2O1. The van der Waals surface area contributed by atoms with E-state index in [0.717, 1.165) is 11.1 Å². The zero-order chi connectivity index (χ0) is 21.4. The zero-order valence-electron chi connectivity index (χ0n) is 16.7. The van der Waals surface area contributed by atoms with Gasteiger partial charge in [-0.1, -0.05) is 5.16 Å². The molecule has 1 aliphatic rings. The van der Waals surface area contributed by atoms with Crippen molar-refractivity contribution in [2.75, 3.05) is 5.32 Å². The molecule has 0 atom stereocenters. The molecule has 5 rings (SSSR count). The van der Waals surface area contributed by atoms with Gasteiger partial charge in [0.15, 0.2) is 5.82 Å². The Kier molecular flexibility index (Phi) is 4.39. The number of nitrogens with zero attached hydrogens (tertiary/aromatic N) is 4. The van der Waals surface area contributed by atoms with Gasteiger partial charge in [-0.2, -0.15) is 15.3 Å². The van der Waals surface area contributed by atoms with Crippen molar-refractivity contribution in [2.24, 2.45) is 0 Å². The Balaban J connectivity index is 1.45. The second-order valence-corrected chi connectivity index (χ2v) is 7.68. The molecule has 0 saturated carbocycles. The molecule has 156 valence electrons. The molecule has 2 N–H and O–H groups in total. The first-order valence-electron chi connectivity index (χ1n) is 9.55. The quantitative estimate of drug-likeness (QED) is 0.503. The van der Waals surface area contributed by atoms with Gasteiger partial charge in [-0.05, 0) is 50.2 Å². The minimum atomic E-state index is -0.399. The maximum absolute atomic E-state index is 12.7. The molecule has 10 nitrogen and oxygen atoms in total. The van der Waals surface area contributed by atoms with Crippen molar-refractivity contribution in [3.63, 3.8) is 0 Å². The predicted molar refractivity (Wildman–Crippen MR) is 109 cm³/mol. The number of aromatic nitrogens is 5. The number of nitrogens with one attached hydrogen (secondary N) is 2. The first-order valence-corrected chi connectivity index (χ1v) is 9.55. The molecule has 4 aromatic rings. The summed E-state index contributed by atoms with van der Waals surface area (Å²) < 4.78 is 17.0. The van der Waals surface area contributed by atoms with Gasteiger partial charge in [0, 0.05) is 23.1 Å². The molecule has 0 unspecified atom stereocenters. The number of H-pyrrole nitrogens is 1. The van der Waals surface area contributed by atoms with Crippen LogP contribution < -0.4 is 14.8 Å². The van der Waals surface area contributed by atoms with Crippen LogP contribution in [0.1, 0.15) is 29.8 Å². The number of hydrogen-bond acceptors (Lipinski definition) is 8. The minimum Gasteiger partial charge on any atom is -0.487 e. The summed E-state index contributed by atoms with van der Waals surface area (Å²) in [5, 5.41) is 16.5. The van der Waals surface area contributed by atoms with E-state index in [4.69, 9.17) is 14.0 Å². The lowest BCUT2D eigenvalue weighted by molar-refractivity contribution is 0.102. The maximum atomic E-state index is 12.7. The van der Waals surface area contributed by atoms with Crippen LogP contribution >= 0.6 is 0 Å². The van der Waals surface area contributed by atoms with Gasteiger partial charge in [-0.15, -0.1) is 5.10 Å². The largest absolute Gasteiger partial charge is 0.487 e. The highest BCUT2D eigenvalue weighted by Crippen LogP contribution is 2.43. The minimum absolute atomic E-state index is 0.325. The van der Waals surface area contributed by atoms with Gasteiger partial charge in [0.2, 0.25) is 12.2 Å². The van der Waals surface area contributed by atoms with E-state index in [0.29, 0.717) is 40.9 Å². The number of anilines is 1. The fourth-order valence-electron chi connectivity index (χ4n) is 3.41. The molecule has 2 aromatic heterocycles. The molecule has 3 heterocycles. The third-order valence-corrected chi connectivity index (χ3v) is 4.78. The van der Waals surface area contributed by atoms with Crippen LogP contribution in [0.2, 0.25) is 0 Å². The Bertz CT molecular complexity index is 1220. The molecule has 0 fully saturated rings. The van der Waals surface area contributed by atoms with E-state index in [1.54, 1.807) is 24.3 Å². The highest BCUT2D eigenvalue weighted by atomic mass is 16.5. The van der Waals surface area contributed by atoms with Gasteiger partial charge in [-0.3, -0.25) is 4.79 Å². The van der Waals surface area contributed by atoms with Crippen LogP contribution in [-0.2, 0) is 6.42 Å². The normalized spacial score (nSPS) is 14.0. The summed E-state index contributed by atoms with van der Waals surface area (Å²) in [5.74, 6) is 2.26. The Morgan fingerprint density at radius 3 is 2.77 bits per heavy atom. The van der Waals surface area contributed by atoms with Crippen LogP contribution in [-0.4, -0.2) is 37.1 Å². The van der Waals surface area contributed by atoms with Crippen LogP contribution in [0.3, 0.4) is 0 Å². The van der Waals surface area contributed by atoms with E-state index in [2.05, 4.69) is 30.9 Å². The van der Waals surface area contributed by atoms with Crippen LogP contribution in [0, 0.1) is 0 Å². The summed E-state index contributed by atoms with van der Waals surface area (Å²) in [7, 11) is 0. The lowest BCUT2D eigenvalue weighted by Gasteiger charge is -2.16. The molecule has 0 saturated heterocycles. The number of amides is 1. The molecule has 0 spiro atoms. The summed E-state index contributed by atoms with van der Waals surface area (Å²) in [6.45, 7) is 3.98. The third kappa shape index (κ3) is 3.82. The van der Waals surface area contributed by atoms with Crippen LogP contribution in [0.5, 0.6) is 17.2 Å². The second kappa shape index (κ2) is 7.24. The monoisotopic (exact) mass is 418 g/mol. The number of fused-ring (bicyclic) bond motifs is 1. The fourth-order valence-corrected chi connectivity index (χ4v) is 3.41. The maximum Gasteiger partial charge on any atom is 0.257 e. The van der Waals surface area contributed by atoms with E-state index in [-0.39, 0.29) is 5.91 Å². The number of ether oxygens (including phenoxy) is 2. The summed E-state index contributed by atoms with van der Waals surface area (Å²) in [5.41, 5.74) is 1.70. The standard InChI is InChI=1S/C21H18N6O4/c1-21(2)9-15-16(30-14-5-3-12(4-6-14)19-22-11-29-26-19)7-13(8-17(15)31-21)20(28)24-18-10-23-27-25-18/h3-8,10-11H,9H2,1-2H3,(H2,23,24,25,27,28). The van der Waals surface area contributed by atoms with E-state index >= 15 is 0 Å². The lowest BCUT2D eigenvalue weighted by Crippen LogP contribution is -2.24. The molecule has 0 radical (unpaired) electrons. The van der Waals surface area contributed by atoms with Crippen molar-refractivity contribution < 1.29 is 18.8 Å². The summed E-state index contributed by atoms with van der Waals surface area (Å²) in [4.78, 5) is 16.8. The Hall–Kier alpha value is -4.21. The van der Waals surface area contributed by atoms with E-state index in [1.165, 1.54) is 12.6 Å². The summed E-state index contributed by atoms with van der Waals surface area (Å²) >= 11 is 0. The first-order chi connectivity index (χ1) is 15.0. The van der Waals surface area contributed by atoms with Gasteiger partial charge in [0.05, 0.1) is 6.20 Å². The van der Waals surface area contributed by atoms with Crippen molar-refractivity contribution >= 4 is 11.7 Å². The smallest absolute Gasteiger partial charge is 0.257 e. The highest BCUT2D eigenvalue weighted by molar-refractivity contribution is 6.04. The van der Waals surface area contributed by atoms with Gasteiger partial charge in [-0.25, -0.2) is 0 Å². The topological polar surface area (TPSA) is 128 Å². The van der Waals surface area contributed by atoms with E-state index in [1.807, 2.05) is 26.0 Å². The number of benzene rings is 2. The van der Waals surface area contributed by atoms with Crippen molar-refractivity contribution in [3.05, 3.63) is 60.1 Å². The molecule has 2 aromatic carbocycles. The molecular weight excluding hydrogens is 400 g/mol. The number of hydrogen-bond donors (Lipinski definition) is 2. The van der Waals surface area contributed by atoms with E-state index in [9.17, 15) is 4.79 Å². The number of carbonyl (C=O) groups is 1. The second-order valence-electron chi connectivity index (χ2n) is 7.68. The molecule has 0 bridgehead atoms. The Labute approximate surface area is 176 Å². The van der Waals surface area contributed by atoms with Crippen LogP contribution in [0.25, 0.3) is 11.4 Å². The fraction of sp³-hybridized carbons (Fsp3) is 0.190. The van der Waals surface area contributed by atoms with E-state index < -0.39 is 5.60 Å². The van der Waals surface area contributed by atoms with Crippen molar-refractivity contribution in [1.82, 2.24) is 25.6 Å². The average Bonchev–Trinajstić information content (AvgIpc) is 3.49. The summed E-state index contributed by atoms with van der Waals surface area (Å²) in [6, 6.07) is 10.7. The van der Waals surface area contributed by atoms with Crippen LogP contribution in [0.15, 0.2) is 53.5 Å². The van der Waals surface area contributed by atoms with Crippen molar-refractivity contribution in [1.29, 1.82) is 0 Å². The predicted octanol–water partition coefficient (Wildman–Crippen LogP) is 3.61. The average molecular weight is 418 g/mol. The number of rotatable bonds is 5. The Morgan fingerprint density at radius 2 is 2.06 bits per heavy atom. The number of aromatic amines is 1. The van der Waals surface area contributed by atoms with Crippen molar-refractivity contribution in [3.8, 4) is 28.6 Å². The first kappa shape index (κ1) is 18.8. The lowest BCUT2D eigenvalue weighted by atomic mass is 9.99. The number of carbonyl (C=O) groups excluding carboxylic acids is 1. The Morgan fingerprint density at radius 1 is 1.23 bits per heavy atom. The third-order valence-electron chi connectivity index (χ3n) is 4.78.